The molecule has 0 aliphatic carbocycles. The van der Waals surface area contributed by atoms with Crippen molar-refractivity contribution in [2.45, 2.75) is 185 Å². The van der Waals surface area contributed by atoms with E-state index in [4.69, 9.17) is 9.47 Å². The lowest BCUT2D eigenvalue weighted by molar-refractivity contribution is -0.302. The normalized spacial score (nSPS) is 23.6. The number of aliphatic hydroxyl groups is 5. The number of carbonyl (C=O) groups is 1. The molecule has 1 aliphatic heterocycles. The molecule has 9 nitrogen and oxygen atoms in total. The molecule has 1 heterocycles. The zero-order chi connectivity index (χ0) is 33.1. The predicted molar refractivity (Wildman–Crippen MR) is 180 cm³/mol. The van der Waals surface area contributed by atoms with Crippen molar-refractivity contribution in [3.8, 4) is 0 Å². The highest BCUT2D eigenvalue weighted by Gasteiger charge is 2.44. The Bertz CT molecular complexity index is 761. The molecule has 0 radical (unpaired) electrons. The van der Waals surface area contributed by atoms with Crippen molar-refractivity contribution in [3.05, 3.63) is 24.3 Å². The molecule has 1 aliphatic rings. The monoisotopic (exact) mass is 641 g/mol. The Hall–Kier alpha value is -1.33. The van der Waals surface area contributed by atoms with Gasteiger partial charge in [-0.1, -0.05) is 115 Å². The molecule has 1 fully saturated rings. The second-order valence-corrected chi connectivity index (χ2v) is 12.7. The van der Waals surface area contributed by atoms with Gasteiger partial charge in [-0.2, -0.15) is 0 Å². The summed E-state index contributed by atoms with van der Waals surface area (Å²) in [7, 11) is 0. The first-order valence-corrected chi connectivity index (χ1v) is 18.1. The minimum Gasteiger partial charge on any atom is -0.394 e. The van der Waals surface area contributed by atoms with Gasteiger partial charge in [-0.3, -0.25) is 4.79 Å². The molecule has 0 saturated carbocycles. The van der Waals surface area contributed by atoms with E-state index in [0.29, 0.717) is 6.42 Å². The van der Waals surface area contributed by atoms with Crippen LogP contribution in [0, 0.1) is 0 Å². The first kappa shape index (κ1) is 41.7. The van der Waals surface area contributed by atoms with Crippen LogP contribution < -0.4 is 5.32 Å². The summed E-state index contributed by atoms with van der Waals surface area (Å²) in [5.74, 6) is -0.193. The van der Waals surface area contributed by atoms with Crippen LogP contribution >= 0.6 is 0 Å². The molecule has 1 amide bonds. The Kier molecular flexibility index (Phi) is 25.7. The van der Waals surface area contributed by atoms with Crippen molar-refractivity contribution in [1.29, 1.82) is 0 Å². The topological polar surface area (TPSA) is 149 Å². The second kappa shape index (κ2) is 27.8. The maximum Gasteiger partial charge on any atom is 0.220 e. The number of aliphatic hydroxyl groups excluding tert-OH is 5. The molecule has 0 aromatic carbocycles. The van der Waals surface area contributed by atoms with E-state index in [-0.39, 0.29) is 12.5 Å². The number of rotatable bonds is 28. The van der Waals surface area contributed by atoms with Gasteiger partial charge in [0.1, 0.15) is 24.4 Å². The number of amides is 1. The fraction of sp³-hybridized carbons (Fsp3) is 0.861. The third-order valence-corrected chi connectivity index (χ3v) is 8.52. The summed E-state index contributed by atoms with van der Waals surface area (Å²) in [6.07, 6.45) is 22.4. The smallest absolute Gasteiger partial charge is 0.220 e. The summed E-state index contributed by atoms with van der Waals surface area (Å²) >= 11 is 0. The Labute approximate surface area is 273 Å². The molecule has 1 rings (SSSR count). The summed E-state index contributed by atoms with van der Waals surface area (Å²) < 4.78 is 11.1. The van der Waals surface area contributed by atoms with Gasteiger partial charge in [0.25, 0.3) is 0 Å². The van der Waals surface area contributed by atoms with Crippen LogP contribution in [0.3, 0.4) is 0 Å². The summed E-state index contributed by atoms with van der Waals surface area (Å²) in [5, 5.41) is 53.6. The average molecular weight is 642 g/mol. The highest BCUT2D eigenvalue weighted by molar-refractivity contribution is 5.76. The number of allylic oxidation sites excluding steroid dienone is 3. The number of hydrogen-bond donors (Lipinski definition) is 6. The predicted octanol–water partition coefficient (Wildman–Crippen LogP) is 5.60. The average Bonchev–Trinajstić information content (AvgIpc) is 3.04. The zero-order valence-corrected chi connectivity index (χ0v) is 28.4. The molecule has 0 aromatic heterocycles. The van der Waals surface area contributed by atoms with E-state index in [1.54, 1.807) is 6.08 Å². The molecule has 7 unspecified atom stereocenters. The SMILES string of the molecule is CCCCCCC/C=C/C(O)C(COC1OC(CO)C(O)C(O)C1O)NC(=O)CCCCCCC/C=C\CCCCCCCC. The first-order chi connectivity index (χ1) is 21.8. The van der Waals surface area contributed by atoms with E-state index in [1.807, 2.05) is 6.08 Å². The Morgan fingerprint density at radius 2 is 1.24 bits per heavy atom. The lowest BCUT2D eigenvalue weighted by atomic mass is 9.99. The molecule has 7 atom stereocenters. The van der Waals surface area contributed by atoms with Crippen molar-refractivity contribution >= 4 is 5.91 Å². The zero-order valence-electron chi connectivity index (χ0n) is 28.4. The third-order valence-electron chi connectivity index (χ3n) is 8.52. The fourth-order valence-corrected chi connectivity index (χ4v) is 5.50. The molecule has 264 valence electrons. The lowest BCUT2D eigenvalue weighted by Gasteiger charge is -2.40. The van der Waals surface area contributed by atoms with Gasteiger partial charge >= 0.3 is 0 Å². The minimum absolute atomic E-state index is 0.192. The Morgan fingerprint density at radius 3 is 1.80 bits per heavy atom. The first-order valence-electron chi connectivity index (χ1n) is 18.1. The number of unbranched alkanes of at least 4 members (excludes halogenated alkanes) is 16. The molecule has 1 saturated heterocycles. The van der Waals surface area contributed by atoms with Gasteiger partial charge in [-0.25, -0.2) is 0 Å². The molecule has 0 spiro atoms. The Morgan fingerprint density at radius 1 is 0.733 bits per heavy atom. The van der Waals surface area contributed by atoms with Gasteiger partial charge in [0.2, 0.25) is 5.91 Å². The highest BCUT2D eigenvalue weighted by atomic mass is 16.7. The van der Waals surface area contributed by atoms with E-state index in [1.165, 1.54) is 64.2 Å². The summed E-state index contributed by atoms with van der Waals surface area (Å²) in [4.78, 5) is 12.8. The molecule has 45 heavy (non-hydrogen) atoms. The van der Waals surface area contributed by atoms with Crippen LogP contribution in [-0.4, -0.2) is 87.5 Å². The fourth-order valence-electron chi connectivity index (χ4n) is 5.50. The van der Waals surface area contributed by atoms with E-state index in [9.17, 15) is 30.3 Å². The lowest BCUT2D eigenvalue weighted by Crippen LogP contribution is -2.60. The number of ether oxygens (including phenoxy) is 2. The van der Waals surface area contributed by atoms with E-state index >= 15 is 0 Å². The van der Waals surface area contributed by atoms with Gasteiger partial charge in [-0.15, -0.1) is 0 Å². The molecule has 0 bridgehead atoms. The molecule has 9 heteroatoms. The van der Waals surface area contributed by atoms with Crippen LogP contribution in [0.4, 0.5) is 0 Å². The van der Waals surface area contributed by atoms with Crippen molar-refractivity contribution in [2.75, 3.05) is 13.2 Å². The van der Waals surface area contributed by atoms with Gasteiger partial charge in [0.05, 0.1) is 25.4 Å². The van der Waals surface area contributed by atoms with E-state index in [2.05, 4.69) is 31.3 Å². The Balaban J connectivity index is 2.43. The summed E-state index contributed by atoms with van der Waals surface area (Å²) in [6.45, 7) is 3.66. The van der Waals surface area contributed by atoms with Crippen LogP contribution in [-0.2, 0) is 14.3 Å². The number of carbonyl (C=O) groups excluding carboxylic acids is 1. The van der Waals surface area contributed by atoms with Crippen LogP contribution in [0.5, 0.6) is 0 Å². The number of nitrogens with one attached hydrogen (secondary N) is 1. The summed E-state index contributed by atoms with van der Waals surface area (Å²) in [5.41, 5.74) is 0. The van der Waals surface area contributed by atoms with Crippen LogP contribution in [0.1, 0.15) is 142 Å². The van der Waals surface area contributed by atoms with Gasteiger partial charge in [0, 0.05) is 6.42 Å². The highest BCUT2D eigenvalue weighted by Crippen LogP contribution is 2.22. The standard InChI is InChI=1S/C36H67NO8/c1-3-5-7-9-11-12-13-14-15-16-17-18-20-22-24-26-32(40)37-29(30(39)25-23-21-19-10-8-6-4-2)28-44-36-35(43)34(42)33(41)31(27-38)45-36/h14-15,23,25,29-31,33-36,38-39,41-43H,3-13,16-22,24,26-28H2,1-2H3,(H,37,40)/b15-14-,25-23+. The van der Waals surface area contributed by atoms with Gasteiger partial charge in [0.15, 0.2) is 6.29 Å². The van der Waals surface area contributed by atoms with E-state index < -0.39 is 49.5 Å². The van der Waals surface area contributed by atoms with E-state index in [0.717, 1.165) is 57.8 Å². The van der Waals surface area contributed by atoms with Crippen LogP contribution in [0.15, 0.2) is 24.3 Å². The second-order valence-electron chi connectivity index (χ2n) is 12.7. The van der Waals surface area contributed by atoms with Gasteiger partial charge in [-0.05, 0) is 44.9 Å². The van der Waals surface area contributed by atoms with Crippen molar-refractivity contribution in [2.24, 2.45) is 0 Å². The molecular formula is C36H67NO8. The molecular weight excluding hydrogens is 574 g/mol. The minimum atomic E-state index is -1.56. The summed E-state index contributed by atoms with van der Waals surface area (Å²) in [6, 6.07) is -0.802. The third kappa shape index (κ3) is 19.8. The van der Waals surface area contributed by atoms with Crippen molar-refractivity contribution in [3.63, 3.8) is 0 Å². The van der Waals surface area contributed by atoms with Crippen molar-refractivity contribution in [1.82, 2.24) is 5.32 Å². The molecule has 0 aromatic rings. The molecule has 6 N–H and O–H groups in total. The number of hydrogen-bond acceptors (Lipinski definition) is 8. The maximum atomic E-state index is 12.8. The maximum absolute atomic E-state index is 12.8. The van der Waals surface area contributed by atoms with Crippen molar-refractivity contribution < 1.29 is 39.8 Å². The van der Waals surface area contributed by atoms with Crippen LogP contribution in [0.25, 0.3) is 0 Å². The quantitative estimate of drug-likeness (QED) is 0.0478. The largest absolute Gasteiger partial charge is 0.394 e. The van der Waals surface area contributed by atoms with Crippen LogP contribution in [0.2, 0.25) is 0 Å². The van der Waals surface area contributed by atoms with Gasteiger partial charge < -0.3 is 40.3 Å².